The van der Waals surface area contributed by atoms with Gasteiger partial charge in [0.05, 0.1) is 24.9 Å². The van der Waals surface area contributed by atoms with E-state index in [0.717, 1.165) is 40.1 Å². The third kappa shape index (κ3) is 6.15. The van der Waals surface area contributed by atoms with E-state index in [4.69, 9.17) is 4.74 Å². The van der Waals surface area contributed by atoms with Gasteiger partial charge in [-0.1, -0.05) is 13.0 Å². The molecule has 0 bridgehead atoms. The molecule has 0 radical (unpaired) electrons. The number of carbonyl (C=O) groups is 1. The highest BCUT2D eigenvalue weighted by atomic mass is 19.4. The molecular weight excluding hydrogens is 521 g/mol. The maximum atomic E-state index is 13.2. The van der Waals surface area contributed by atoms with Gasteiger partial charge < -0.3 is 15.0 Å². The average molecular weight is 551 g/mol. The summed E-state index contributed by atoms with van der Waals surface area (Å²) in [5.41, 5.74) is 1.52. The van der Waals surface area contributed by atoms with Gasteiger partial charge in [0.1, 0.15) is 17.4 Å². The lowest BCUT2D eigenvalue weighted by Crippen LogP contribution is -2.49. The number of hydrogen-bond acceptors (Lipinski definition) is 7. The lowest BCUT2D eigenvalue weighted by Gasteiger charge is -2.35. The Kier molecular flexibility index (Phi) is 7.83. The van der Waals surface area contributed by atoms with Crippen molar-refractivity contribution in [2.24, 2.45) is 0 Å². The Morgan fingerprint density at radius 1 is 1.02 bits per heavy atom. The molecule has 0 atom stereocenters. The summed E-state index contributed by atoms with van der Waals surface area (Å²) in [4.78, 5) is 30.0. The van der Waals surface area contributed by atoms with Gasteiger partial charge in [0.15, 0.2) is 0 Å². The van der Waals surface area contributed by atoms with Crippen molar-refractivity contribution in [1.82, 2.24) is 19.9 Å². The SMILES string of the molecule is CCc1nccc(-c2cc(NC(=O)CN3CCN(c4ccc(C(F)(F)F)cn4)CC3)c3cc(OC)ccc3c2)n1. The summed E-state index contributed by atoms with van der Waals surface area (Å²) in [6.45, 7) is 4.43. The first kappa shape index (κ1) is 27.3. The summed E-state index contributed by atoms with van der Waals surface area (Å²) >= 11 is 0. The maximum Gasteiger partial charge on any atom is 0.417 e. The van der Waals surface area contributed by atoms with E-state index in [1.807, 2.05) is 53.1 Å². The Morgan fingerprint density at radius 3 is 2.50 bits per heavy atom. The Labute approximate surface area is 229 Å². The number of nitrogens with zero attached hydrogens (tertiary/aromatic N) is 5. The van der Waals surface area contributed by atoms with Crippen molar-refractivity contribution in [3.05, 3.63) is 72.3 Å². The minimum absolute atomic E-state index is 0.167. The van der Waals surface area contributed by atoms with Crippen molar-refractivity contribution in [3.8, 4) is 17.0 Å². The van der Waals surface area contributed by atoms with Gasteiger partial charge in [-0.05, 0) is 47.9 Å². The summed E-state index contributed by atoms with van der Waals surface area (Å²) in [5, 5.41) is 4.85. The van der Waals surface area contributed by atoms with Crippen molar-refractivity contribution in [2.45, 2.75) is 19.5 Å². The van der Waals surface area contributed by atoms with Crippen molar-refractivity contribution in [1.29, 1.82) is 0 Å². The second kappa shape index (κ2) is 11.5. The Morgan fingerprint density at radius 2 is 1.82 bits per heavy atom. The highest BCUT2D eigenvalue weighted by molar-refractivity contribution is 6.05. The number of rotatable bonds is 7. The third-order valence-electron chi connectivity index (χ3n) is 6.89. The highest BCUT2D eigenvalue weighted by Crippen LogP contribution is 2.33. The molecule has 0 saturated carbocycles. The smallest absolute Gasteiger partial charge is 0.417 e. The zero-order chi connectivity index (χ0) is 28.3. The first-order chi connectivity index (χ1) is 19.2. The molecule has 1 aliphatic rings. The molecule has 1 amide bonds. The van der Waals surface area contributed by atoms with Crippen LogP contribution in [0.25, 0.3) is 22.0 Å². The summed E-state index contributed by atoms with van der Waals surface area (Å²) < 4.78 is 43.9. The topological polar surface area (TPSA) is 83.5 Å². The van der Waals surface area contributed by atoms with Gasteiger partial charge in [-0.25, -0.2) is 15.0 Å². The molecule has 8 nitrogen and oxygen atoms in total. The summed E-state index contributed by atoms with van der Waals surface area (Å²) in [5.74, 6) is 1.74. The molecule has 0 spiro atoms. The fourth-order valence-corrected chi connectivity index (χ4v) is 4.71. The van der Waals surface area contributed by atoms with Crippen LogP contribution < -0.4 is 15.0 Å². The van der Waals surface area contributed by atoms with Crippen molar-refractivity contribution < 1.29 is 22.7 Å². The molecule has 1 saturated heterocycles. The second-order valence-electron chi connectivity index (χ2n) is 9.54. The summed E-state index contributed by atoms with van der Waals surface area (Å²) in [7, 11) is 1.60. The number of aromatic nitrogens is 3. The summed E-state index contributed by atoms with van der Waals surface area (Å²) in [6.07, 6.45) is -1.12. The number of alkyl halides is 3. The van der Waals surface area contributed by atoms with Gasteiger partial charge in [-0.3, -0.25) is 9.69 Å². The van der Waals surface area contributed by atoms with E-state index >= 15 is 0 Å². The van der Waals surface area contributed by atoms with E-state index in [1.54, 1.807) is 13.3 Å². The van der Waals surface area contributed by atoms with Crippen molar-refractivity contribution in [2.75, 3.05) is 50.1 Å². The van der Waals surface area contributed by atoms with Gasteiger partial charge in [0.25, 0.3) is 0 Å². The van der Waals surface area contributed by atoms with E-state index in [9.17, 15) is 18.0 Å². The molecule has 2 aromatic heterocycles. The fourth-order valence-electron chi connectivity index (χ4n) is 4.71. The Balaban J connectivity index is 1.29. The van der Waals surface area contributed by atoms with Crippen LogP contribution >= 0.6 is 0 Å². The number of carbonyl (C=O) groups excluding carboxylic acids is 1. The normalized spacial score (nSPS) is 14.4. The predicted octanol–water partition coefficient (Wildman–Crippen LogP) is 5.04. The lowest BCUT2D eigenvalue weighted by molar-refractivity contribution is -0.137. The molecule has 2 aromatic carbocycles. The van der Waals surface area contributed by atoms with E-state index in [0.29, 0.717) is 49.9 Å². The number of fused-ring (bicyclic) bond motifs is 1. The molecule has 11 heteroatoms. The number of benzene rings is 2. The number of hydrogen-bond donors (Lipinski definition) is 1. The van der Waals surface area contributed by atoms with Gasteiger partial charge in [0, 0.05) is 61.6 Å². The van der Waals surface area contributed by atoms with Crippen molar-refractivity contribution in [3.63, 3.8) is 0 Å². The van der Waals surface area contributed by atoms with Crippen LogP contribution in [0.5, 0.6) is 5.75 Å². The standard InChI is InChI=1S/C29H29F3N6O2/c1-3-26-33-9-8-24(35-26)20-14-19-4-6-22(40-2)16-23(19)25(15-20)36-28(39)18-37-10-12-38(13-11-37)27-7-5-21(17-34-27)29(30,31)32/h4-9,14-17H,3,10-13,18H2,1-2H3,(H,36,39). The van der Waals surface area contributed by atoms with Crippen LogP contribution in [0.4, 0.5) is 24.7 Å². The van der Waals surface area contributed by atoms with Gasteiger partial charge in [-0.2, -0.15) is 13.2 Å². The number of amides is 1. The van der Waals surface area contributed by atoms with Crippen LogP contribution in [0.2, 0.25) is 0 Å². The number of ether oxygens (including phenoxy) is 1. The van der Waals surface area contributed by atoms with Crippen LogP contribution in [0.1, 0.15) is 18.3 Å². The van der Waals surface area contributed by atoms with Crippen LogP contribution in [0.15, 0.2) is 60.9 Å². The zero-order valence-corrected chi connectivity index (χ0v) is 22.2. The lowest BCUT2D eigenvalue weighted by atomic mass is 10.0. The molecule has 0 unspecified atom stereocenters. The third-order valence-corrected chi connectivity index (χ3v) is 6.89. The van der Waals surface area contributed by atoms with Crippen LogP contribution in [0, 0.1) is 0 Å². The second-order valence-corrected chi connectivity index (χ2v) is 9.54. The van der Waals surface area contributed by atoms with Crippen LogP contribution in [0.3, 0.4) is 0 Å². The molecule has 3 heterocycles. The maximum absolute atomic E-state index is 13.2. The van der Waals surface area contributed by atoms with Gasteiger partial charge >= 0.3 is 6.18 Å². The number of nitrogens with one attached hydrogen (secondary N) is 1. The van der Waals surface area contributed by atoms with Crippen molar-refractivity contribution >= 4 is 28.2 Å². The zero-order valence-electron chi connectivity index (χ0n) is 22.2. The fraction of sp³-hybridized carbons (Fsp3) is 0.310. The molecule has 40 heavy (non-hydrogen) atoms. The number of anilines is 2. The summed E-state index contributed by atoms with van der Waals surface area (Å²) in [6, 6.07) is 13.9. The number of piperazine rings is 1. The Hall–Kier alpha value is -4.25. The predicted molar refractivity (Wildman–Crippen MR) is 147 cm³/mol. The van der Waals surface area contributed by atoms with E-state index < -0.39 is 11.7 Å². The number of aryl methyl sites for hydroxylation is 1. The molecule has 5 rings (SSSR count). The minimum atomic E-state index is -4.42. The monoisotopic (exact) mass is 550 g/mol. The number of halogens is 3. The van der Waals surface area contributed by atoms with E-state index in [-0.39, 0.29) is 12.5 Å². The molecular formula is C29H29F3N6O2. The van der Waals surface area contributed by atoms with E-state index in [2.05, 4.69) is 20.3 Å². The molecule has 0 aliphatic carbocycles. The minimum Gasteiger partial charge on any atom is -0.497 e. The number of methoxy groups -OCH3 is 1. The molecule has 1 fully saturated rings. The molecule has 1 aliphatic heterocycles. The molecule has 1 N–H and O–H groups in total. The first-order valence-electron chi connectivity index (χ1n) is 13.0. The quantitative estimate of drug-likeness (QED) is 0.345. The van der Waals surface area contributed by atoms with E-state index in [1.165, 1.54) is 6.07 Å². The van der Waals surface area contributed by atoms with Gasteiger partial charge in [0.2, 0.25) is 5.91 Å². The average Bonchev–Trinajstić information content (AvgIpc) is 2.97. The Bertz CT molecular complexity index is 1500. The first-order valence-corrected chi connectivity index (χ1v) is 13.0. The van der Waals surface area contributed by atoms with Crippen LogP contribution in [-0.2, 0) is 17.4 Å². The highest BCUT2D eigenvalue weighted by Gasteiger charge is 2.31. The largest absolute Gasteiger partial charge is 0.497 e. The van der Waals surface area contributed by atoms with Gasteiger partial charge in [-0.15, -0.1) is 0 Å². The van der Waals surface area contributed by atoms with Crippen LogP contribution in [-0.4, -0.2) is 65.6 Å². The molecule has 4 aromatic rings. The number of pyridine rings is 1. The molecule has 208 valence electrons.